The Hall–Kier alpha value is -0.120. The Labute approximate surface area is 59.3 Å². The van der Waals surface area contributed by atoms with Gasteiger partial charge in [0.15, 0.2) is 6.29 Å². The van der Waals surface area contributed by atoms with Crippen molar-refractivity contribution in [2.24, 2.45) is 5.92 Å². The van der Waals surface area contributed by atoms with E-state index in [0.29, 0.717) is 18.1 Å². The Morgan fingerprint density at radius 1 is 1.20 bits per heavy atom. The second kappa shape index (κ2) is 1.55. The van der Waals surface area contributed by atoms with Crippen molar-refractivity contribution in [1.29, 1.82) is 0 Å². The highest BCUT2D eigenvalue weighted by Gasteiger charge is 2.59. The van der Waals surface area contributed by atoms with E-state index in [1.54, 1.807) is 0 Å². The molecule has 3 heterocycles. The van der Waals surface area contributed by atoms with Gasteiger partial charge in [0.1, 0.15) is 12.2 Å². The van der Waals surface area contributed by atoms with E-state index < -0.39 is 0 Å². The van der Waals surface area contributed by atoms with E-state index in [-0.39, 0.29) is 12.4 Å². The maximum atomic E-state index is 5.52. The zero-order valence-electron chi connectivity index (χ0n) is 5.82. The third-order valence-electron chi connectivity index (χ3n) is 2.61. The molecule has 3 aliphatic heterocycles. The molecule has 2 unspecified atom stereocenters. The predicted octanol–water partition coefficient (Wildman–Crippen LogP) is 0.145. The van der Waals surface area contributed by atoms with E-state index in [2.05, 4.69) is 6.92 Å². The molecule has 0 aliphatic carbocycles. The summed E-state index contributed by atoms with van der Waals surface area (Å²) < 4.78 is 16.3. The second-order valence-electron chi connectivity index (χ2n) is 3.30. The summed E-state index contributed by atoms with van der Waals surface area (Å²) in [5, 5.41) is 0. The number of rotatable bonds is 0. The van der Waals surface area contributed by atoms with Crippen molar-refractivity contribution in [2.75, 3.05) is 6.61 Å². The van der Waals surface area contributed by atoms with Crippen molar-refractivity contribution in [3.63, 3.8) is 0 Å². The number of hydrogen-bond acceptors (Lipinski definition) is 3. The molecule has 3 saturated heterocycles. The van der Waals surface area contributed by atoms with Crippen LogP contribution in [0.15, 0.2) is 0 Å². The summed E-state index contributed by atoms with van der Waals surface area (Å²) in [6.45, 7) is 2.85. The molecule has 56 valence electrons. The molecule has 3 aliphatic rings. The highest BCUT2D eigenvalue weighted by Crippen LogP contribution is 2.44. The van der Waals surface area contributed by atoms with Crippen LogP contribution < -0.4 is 0 Å². The van der Waals surface area contributed by atoms with Gasteiger partial charge in [0.2, 0.25) is 0 Å². The largest absolute Gasteiger partial charge is 0.366 e. The Morgan fingerprint density at radius 2 is 2.10 bits per heavy atom. The fraction of sp³-hybridized carbons (Fsp3) is 1.00. The SMILES string of the molecule is C[C@H]1C2O[C@H]2C2CO[C@@H]1O2. The van der Waals surface area contributed by atoms with Crippen molar-refractivity contribution in [3.05, 3.63) is 0 Å². The standard InChI is InChI=1S/C7H10O3/c1-3-5-6(10-5)4-2-8-7(3)9-4/h3-7H,2H2,1H3/t3-,4?,5?,6-,7+/m0/s1. The summed E-state index contributed by atoms with van der Waals surface area (Å²) in [5.74, 6) is 0.434. The Kier molecular flexibility index (Phi) is 0.854. The van der Waals surface area contributed by atoms with Gasteiger partial charge in [-0.25, -0.2) is 0 Å². The molecular weight excluding hydrogens is 132 g/mol. The first-order chi connectivity index (χ1) is 4.86. The molecule has 3 heteroatoms. The molecule has 0 aromatic rings. The summed E-state index contributed by atoms with van der Waals surface area (Å²) in [6, 6.07) is 0. The second-order valence-corrected chi connectivity index (χ2v) is 3.30. The van der Waals surface area contributed by atoms with Crippen molar-refractivity contribution in [1.82, 2.24) is 0 Å². The first-order valence-electron chi connectivity index (χ1n) is 3.79. The molecule has 0 radical (unpaired) electrons. The summed E-state index contributed by atoms with van der Waals surface area (Å²) in [4.78, 5) is 0. The first-order valence-corrected chi connectivity index (χ1v) is 3.79. The smallest absolute Gasteiger partial charge is 0.163 e. The van der Waals surface area contributed by atoms with Crippen LogP contribution in [-0.4, -0.2) is 31.2 Å². The number of hydrogen-bond donors (Lipinski definition) is 0. The lowest BCUT2D eigenvalue weighted by Gasteiger charge is -2.19. The summed E-state index contributed by atoms with van der Waals surface area (Å²) >= 11 is 0. The van der Waals surface area contributed by atoms with E-state index >= 15 is 0 Å². The average Bonchev–Trinajstić information content (AvgIpc) is 2.61. The fourth-order valence-electron chi connectivity index (χ4n) is 1.90. The monoisotopic (exact) mass is 142 g/mol. The van der Waals surface area contributed by atoms with Crippen molar-refractivity contribution >= 4 is 0 Å². The van der Waals surface area contributed by atoms with Crippen LogP contribution in [0.2, 0.25) is 0 Å². The molecule has 3 fully saturated rings. The van der Waals surface area contributed by atoms with Gasteiger partial charge in [-0.3, -0.25) is 0 Å². The van der Waals surface area contributed by atoms with Crippen LogP contribution in [0.4, 0.5) is 0 Å². The van der Waals surface area contributed by atoms with Gasteiger partial charge < -0.3 is 14.2 Å². The van der Waals surface area contributed by atoms with Crippen molar-refractivity contribution in [3.8, 4) is 0 Å². The zero-order valence-corrected chi connectivity index (χ0v) is 5.82. The van der Waals surface area contributed by atoms with Crippen LogP contribution in [0.3, 0.4) is 0 Å². The zero-order chi connectivity index (χ0) is 6.72. The molecule has 3 nitrogen and oxygen atoms in total. The maximum Gasteiger partial charge on any atom is 0.163 e. The number of ether oxygens (including phenoxy) is 3. The van der Waals surface area contributed by atoms with Gasteiger partial charge in [-0.2, -0.15) is 0 Å². The highest BCUT2D eigenvalue weighted by molar-refractivity contribution is 5.02. The normalized spacial score (nSPS) is 63.9. The minimum Gasteiger partial charge on any atom is -0.366 e. The number of fused-ring (bicyclic) bond motifs is 4. The lowest BCUT2D eigenvalue weighted by atomic mass is 10.0. The third kappa shape index (κ3) is 0.516. The van der Waals surface area contributed by atoms with Crippen molar-refractivity contribution in [2.45, 2.75) is 31.5 Å². The topological polar surface area (TPSA) is 31.0 Å². The Balaban J connectivity index is 1.91. The lowest BCUT2D eigenvalue weighted by Crippen LogP contribution is -2.33. The van der Waals surface area contributed by atoms with Crippen LogP contribution in [0.1, 0.15) is 6.92 Å². The van der Waals surface area contributed by atoms with Gasteiger partial charge in [0, 0.05) is 5.92 Å². The van der Waals surface area contributed by atoms with Crippen molar-refractivity contribution < 1.29 is 14.2 Å². The average molecular weight is 142 g/mol. The Morgan fingerprint density at radius 3 is 3.00 bits per heavy atom. The molecule has 0 N–H and O–H groups in total. The first kappa shape index (κ1) is 5.52. The van der Waals surface area contributed by atoms with E-state index in [9.17, 15) is 0 Å². The molecule has 0 aromatic carbocycles. The molecule has 0 amide bonds. The fourth-order valence-corrected chi connectivity index (χ4v) is 1.90. The molecular formula is C7H10O3. The van der Waals surface area contributed by atoms with Gasteiger partial charge >= 0.3 is 0 Å². The van der Waals surface area contributed by atoms with Crippen LogP contribution in [0, 0.1) is 5.92 Å². The lowest BCUT2D eigenvalue weighted by molar-refractivity contribution is -0.105. The van der Waals surface area contributed by atoms with Gasteiger partial charge in [0.25, 0.3) is 0 Å². The summed E-state index contributed by atoms with van der Waals surface area (Å²) in [6.07, 6.45) is 1.06. The van der Waals surface area contributed by atoms with E-state index in [1.807, 2.05) is 0 Å². The van der Waals surface area contributed by atoms with Gasteiger partial charge in [-0.05, 0) is 0 Å². The Bertz CT molecular complexity index is 168. The van der Waals surface area contributed by atoms with Gasteiger partial charge in [-0.15, -0.1) is 0 Å². The van der Waals surface area contributed by atoms with E-state index in [1.165, 1.54) is 0 Å². The number of epoxide rings is 1. The van der Waals surface area contributed by atoms with Gasteiger partial charge in [-0.1, -0.05) is 6.92 Å². The quantitative estimate of drug-likeness (QED) is 0.451. The van der Waals surface area contributed by atoms with Crippen LogP contribution in [0.25, 0.3) is 0 Å². The van der Waals surface area contributed by atoms with E-state index in [0.717, 1.165) is 6.61 Å². The third-order valence-corrected chi connectivity index (χ3v) is 2.61. The summed E-state index contributed by atoms with van der Waals surface area (Å²) in [5.41, 5.74) is 0. The molecule has 5 atom stereocenters. The molecule has 0 aromatic heterocycles. The predicted molar refractivity (Wildman–Crippen MR) is 32.4 cm³/mol. The molecule has 10 heavy (non-hydrogen) atoms. The molecule has 0 spiro atoms. The van der Waals surface area contributed by atoms with Crippen LogP contribution in [-0.2, 0) is 14.2 Å². The highest BCUT2D eigenvalue weighted by atomic mass is 16.8. The maximum absolute atomic E-state index is 5.52. The molecule has 2 bridgehead atoms. The minimum absolute atomic E-state index is 0.0220. The minimum atomic E-state index is 0.0220. The van der Waals surface area contributed by atoms with Crippen LogP contribution >= 0.6 is 0 Å². The molecule has 3 rings (SSSR count). The van der Waals surface area contributed by atoms with Gasteiger partial charge in [0.05, 0.1) is 12.7 Å². The van der Waals surface area contributed by atoms with E-state index in [4.69, 9.17) is 14.2 Å². The van der Waals surface area contributed by atoms with Crippen LogP contribution in [0.5, 0.6) is 0 Å². The molecule has 0 saturated carbocycles. The summed E-state index contributed by atoms with van der Waals surface area (Å²) in [7, 11) is 0.